The first-order valence-electron chi connectivity index (χ1n) is 10.1. The van der Waals surface area contributed by atoms with Crippen molar-refractivity contribution in [2.75, 3.05) is 6.61 Å². The number of carbonyl (C=O) groups is 2. The second kappa shape index (κ2) is 9.41. The summed E-state index contributed by atoms with van der Waals surface area (Å²) < 4.78 is 54.8. The standard InChI is InChI=1S/C20H18ClF3N6O4S/c1-12-14(9-29(2)26-12)35(34-11-31)28-18(32)13-3-4-15(25-17(13)21)30-8-5-16(27-30)33-10-19(6-7-19)20(22,23)24/h3-5,8-9,11H,6-7,10H2,1-2H3/p+1. The number of pyridine rings is 1. The maximum Gasteiger partial charge on any atom is 0.397 e. The monoisotopic (exact) mass is 531 g/mol. The molecule has 1 unspecified atom stereocenters. The fourth-order valence-electron chi connectivity index (χ4n) is 3.18. The first-order valence-corrected chi connectivity index (χ1v) is 11.6. The number of ether oxygens (including phenoxy) is 1. The van der Waals surface area contributed by atoms with Crippen LogP contribution in [0.5, 0.6) is 5.88 Å². The van der Waals surface area contributed by atoms with Crippen molar-refractivity contribution in [3.63, 3.8) is 0 Å². The summed E-state index contributed by atoms with van der Waals surface area (Å²) in [7, 11) is 1.69. The van der Waals surface area contributed by atoms with Gasteiger partial charge in [0.15, 0.2) is 5.82 Å². The predicted octanol–water partition coefficient (Wildman–Crippen LogP) is 3.09. The van der Waals surface area contributed by atoms with Crippen LogP contribution in [-0.4, -0.2) is 49.7 Å². The second-order valence-corrected chi connectivity index (χ2v) is 9.55. The number of hydrogen-bond donors (Lipinski definition) is 1. The fraction of sp³-hybridized carbons (Fsp3) is 0.350. The Morgan fingerprint density at radius 2 is 2.06 bits per heavy atom. The number of aryl methyl sites for hydroxylation is 2. The molecular weight excluding hydrogens is 513 g/mol. The number of amides is 1. The number of alkyl halides is 3. The smallest absolute Gasteiger partial charge is 0.397 e. The van der Waals surface area contributed by atoms with E-state index in [1.54, 1.807) is 20.2 Å². The van der Waals surface area contributed by atoms with E-state index in [-0.39, 0.29) is 41.7 Å². The molecule has 3 heterocycles. The third-order valence-corrected chi connectivity index (χ3v) is 7.05. The Morgan fingerprint density at radius 1 is 1.31 bits per heavy atom. The van der Waals surface area contributed by atoms with E-state index in [4.69, 9.17) is 20.5 Å². The highest BCUT2D eigenvalue weighted by Gasteiger charge is 2.64. The molecule has 4 rings (SSSR count). The van der Waals surface area contributed by atoms with Gasteiger partial charge in [0.2, 0.25) is 5.88 Å². The minimum Gasteiger partial charge on any atom is -0.476 e. The highest BCUT2D eigenvalue weighted by atomic mass is 35.5. The van der Waals surface area contributed by atoms with Crippen LogP contribution in [-0.2, 0) is 27.4 Å². The summed E-state index contributed by atoms with van der Waals surface area (Å²) in [4.78, 5) is 28.4. The van der Waals surface area contributed by atoms with Crippen molar-refractivity contribution in [3.8, 4) is 11.7 Å². The average molecular weight is 532 g/mol. The fourth-order valence-corrected chi connectivity index (χ4v) is 4.59. The summed E-state index contributed by atoms with van der Waals surface area (Å²) in [6.45, 7) is 1.41. The lowest BCUT2D eigenvalue weighted by atomic mass is 10.1. The summed E-state index contributed by atoms with van der Waals surface area (Å²) in [5, 5.41) is 8.07. The Kier molecular flexibility index (Phi) is 6.68. The summed E-state index contributed by atoms with van der Waals surface area (Å²) in [6, 6.07) is 4.24. The molecule has 1 saturated carbocycles. The first-order chi connectivity index (χ1) is 16.5. The number of halogens is 4. The van der Waals surface area contributed by atoms with Gasteiger partial charge in [0.05, 0.1) is 11.8 Å². The van der Waals surface area contributed by atoms with Gasteiger partial charge in [0.25, 0.3) is 10.8 Å². The molecule has 0 radical (unpaired) electrons. The third kappa shape index (κ3) is 5.22. The van der Waals surface area contributed by atoms with E-state index in [9.17, 15) is 22.8 Å². The van der Waals surface area contributed by atoms with Crippen LogP contribution >= 0.6 is 11.6 Å². The van der Waals surface area contributed by atoms with Gasteiger partial charge in [-0.15, -0.1) is 9.82 Å². The van der Waals surface area contributed by atoms with Crippen molar-refractivity contribution in [2.24, 2.45) is 12.5 Å². The third-order valence-electron chi connectivity index (χ3n) is 5.32. The number of nitrogens with zero attached hydrogens (tertiary/aromatic N) is 5. The lowest BCUT2D eigenvalue weighted by molar-refractivity contribution is -0.194. The predicted molar refractivity (Wildman–Crippen MR) is 118 cm³/mol. The van der Waals surface area contributed by atoms with Crippen LogP contribution in [0.15, 0.2) is 35.5 Å². The summed E-state index contributed by atoms with van der Waals surface area (Å²) in [5.41, 5.74) is -1.24. The van der Waals surface area contributed by atoms with Crippen molar-refractivity contribution in [1.29, 1.82) is 0 Å². The number of aromatic nitrogens is 5. The molecule has 0 aliphatic heterocycles. The summed E-state index contributed by atoms with van der Waals surface area (Å²) >= 11 is 4.79. The Labute approximate surface area is 205 Å². The Balaban J connectivity index is 1.45. The number of nitrogens with one attached hydrogen (secondary N) is 1. The van der Waals surface area contributed by atoms with Crippen molar-refractivity contribution in [3.05, 3.63) is 47.0 Å². The van der Waals surface area contributed by atoms with Crippen LogP contribution in [0.25, 0.3) is 5.82 Å². The van der Waals surface area contributed by atoms with Crippen LogP contribution < -0.4 is 9.46 Å². The van der Waals surface area contributed by atoms with Crippen molar-refractivity contribution >= 4 is 35.3 Å². The molecule has 1 fully saturated rings. The Hall–Kier alpha value is -3.26. The van der Waals surface area contributed by atoms with Gasteiger partial charge < -0.3 is 4.74 Å². The molecule has 3 aromatic heterocycles. The molecule has 0 aromatic carbocycles. The first kappa shape index (κ1) is 24.9. The van der Waals surface area contributed by atoms with Crippen molar-refractivity contribution < 1.29 is 31.7 Å². The minimum absolute atomic E-state index is 0.00200. The van der Waals surface area contributed by atoms with Crippen LogP contribution in [0.4, 0.5) is 13.2 Å². The molecule has 186 valence electrons. The molecule has 1 amide bonds. The number of carbonyl (C=O) groups excluding carboxylic acids is 2. The maximum atomic E-state index is 13.1. The SMILES string of the molecule is Cc1nn(C)cc1[S+](NC(=O)c1ccc(-n2ccc(OCC3(C(F)(F)F)CC3)n2)nc1Cl)OC=O. The zero-order chi connectivity index (χ0) is 25.4. The number of hydrogen-bond acceptors (Lipinski definition) is 7. The van der Waals surface area contributed by atoms with Gasteiger partial charge >= 0.3 is 24.0 Å². The van der Waals surface area contributed by atoms with Gasteiger partial charge in [-0.3, -0.25) is 9.48 Å². The molecule has 10 nitrogen and oxygen atoms in total. The van der Waals surface area contributed by atoms with Gasteiger partial charge in [-0.1, -0.05) is 11.6 Å². The molecule has 3 aromatic rings. The van der Waals surface area contributed by atoms with Crippen LogP contribution in [0.3, 0.4) is 0 Å². The zero-order valence-corrected chi connectivity index (χ0v) is 19.9. The summed E-state index contributed by atoms with van der Waals surface area (Å²) in [5.74, 6) is -0.430. The molecule has 35 heavy (non-hydrogen) atoms. The topological polar surface area (TPSA) is 113 Å². The van der Waals surface area contributed by atoms with Crippen LogP contribution in [0, 0.1) is 12.3 Å². The van der Waals surface area contributed by atoms with Crippen LogP contribution in [0.1, 0.15) is 28.9 Å². The van der Waals surface area contributed by atoms with E-state index < -0.39 is 35.5 Å². The highest BCUT2D eigenvalue weighted by molar-refractivity contribution is 7.91. The van der Waals surface area contributed by atoms with E-state index in [2.05, 4.69) is 19.9 Å². The molecule has 0 bridgehead atoms. The molecule has 1 aliphatic carbocycles. The maximum absolute atomic E-state index is 13.1. The Morgan fingerprint density at radius 3 is 2.63 bits per heavy atom. The summed E-state index contributed by atoms with van der Waals surface area (Å²) in [6.07, 6.45) is -1.22. The molecule has 1 aliphatic rings. The van der Waals surface area contributed by atoms with E-state index in [1.165, 1.54) is 33.8 Å². The van der Waals surface area contributed by atoms with Gasteiger partial charge in [0.1, 0.15) is 22.9 Å². The second-order valence-electron chi connectivity index (χ2n) is 7.82. The van der Waals surface area contributed by atoms with E-state index in [0.717, 1.165) is 0 Å². The lowest BCUT2D eigenvalue weighted by Gasteiger charge is -2.18. The highest BCUT2D eigenvalue weighted by Crippen LogP contribution is 2.57. The molecule has 1 N–H and O–H groups in total. The van der Waals surface area contributed by atoms with Gasteiger partial charge in [0, 0.05) is 19.3 Å². The Bertz CT molecular complexity index is 1260. The van der Waals surface area contributed by atoms with E-state index in [0.29, 0.717) is 10.6 Å². The molecular formula is C20H19ClF3N6O4S+. The number of rotatable bonds is 9. The zero-order valence-electron chi connectivity index (χ0n) is 18.4. The van der Waals surface area contributed by atoms with Crippen molar-refractivity contribution in [2.45, 2.75) is 30.8 Å². The van der Waals surface area contributed by atoms with Gasteiger partial charge in [-0.25, -0.2) is 18.6 Å². The largest absolute Gasteiger partial charge is 0.476 e. The molecule has 1 atom stereocenters. The lowest BCUT2D eigenvalue weighted by Crippen LogP contribution is -2.33. The van der Waals surface area contributed by atoms with E-state index >= 15 is 0 Å². The minimum atomic E-state index is -4.33. The average Bonchev–Trinajstić information content (AvgIpc) is 3.32. The molecule has 0 saturated heterocycles. The molecule has 0 spiro atoms. The van der Waals surface area contributed by atoms with Crippen molar-refractivity contribution in [1.82, 2.24) is 29.3 Å². The van der Waals surface area contributed by atoms with Gasteiger partial charge in [-0.2, -0.15) is 18.3 Å². The van der Waals surface area contributed by atoms with Gasteiger partial charge in [-0.05, 0) is 31.9 Å². The van der Waals surface area contributed by atoms with E-state index in [1.807, 2.05) is 0 Å². The molecule has 15 heteroatoms. The normalized spacial score (nSPS) is 15.4. The quantitative estimate of drug-likeness (QED) is 0.256. The van der Waals surface area contributed by atoms with Crippen LogP contribution in [0.2, 0.25) is 5.15 Å².